The number of benzene rings is 7. The molecule has 0 unspecified atom stereocenters. The fraction of sp³-hybridized carbons (Fsp3) is 0. The predicted octanol–water partition coefficient (Wildman–Crippen LogP) is 12.6. The van der Waals surface area contributed by atoms with Gasteiger partial charge in [0.15, 0.2) is 5.82 Å². The molecule has 0 saturated heterocycles. The van der Waals surface area contributed by atoms with Gasteiger partial charge in [-0.1, -0.05) is 133 Å². The predicted molar refractivity (Wildman–Crippen MR) is 211 cm³/mol. The van der Waals surface area contributed by atoms with E-state index in [9.17, 15) is 0 Å². The molecule has 0 fully saturated rings. The topological polar surface area (TPSA) is 30.7 Å². The largest absolute Gasteiger partial charge is 0.309 e. The Balaban J connectivity index is 1.09. The molecule has 0 aliphatic carbocycles. The maximum atomic E-state index is 5.05. The van der Waals surface area contributed by atoms with Crippen LogP contribution in [0.25, 0.3) is 92.7 Å². The first-order valence-electron chi connectivity index (χ1n) is 16.8. The van der Waals surface area contributed by atoms with Gasteiger partial charge in [-0.2, -0.15) is 0 Å². The molecule has 10 aromatic rings. The van der Waals surface area contributed by atoms with E-state index in [1.807, 2.05) is 47.7 Å². The van der Waals surface area contributed by atoms with Crippen LogP contribution in [-0.2, 0) is 0 Å². The molecule has 3 aromatic heterocycles. The van der Waals surface area contributed by atoms with E-state index in [-0.39, 0.29) is 0 Å². The van der Waals surface area contributed by atoms with Gasteiger partial charge in [-0.25, -0.2) is 9.97 Å². The number of fused-ring (bicyclic) bond motifs is 6. The van der Waals surface area contributed by atoms with Gasteiger partial charge in [0.05, 0.1) is 22.4 Å². The smallest absolute Gasteiger partial charge is 0.160 e. The van der Waals surface area contributed by atoms with Gasteiger partial charge in [0.1, 0.15) is 0 Å². The number of nitrogens with zero attached hydrogens (tertiary/aromatic N) is 3. The van der Waals surface area contributed by atoms with Crippen LogP contribution in [0.1, 0.15) is 0 Å². The van der Waals surface area contributed by atoms with Crippen LogP contribution in [0.4, 0.5) is 0 Å². The lowest BCUT2D eigenvalue weighted by atomic mass is 10.0. The van der Waals surface area contributed by atoms with Crippen LogP contribution in [0.5, 0.6) is 0 Å². The Morgan fingerprint density at radius 1 is 0.400 bits per heavy atom. The van der Waals surface area contributed by atoms with Crippen molar-refractivity contribution in [3.8, 4) is 50.7 Å². The third-order valence-electron chi connectivity index (χ3n) is 9.64. The van der Waals surface area contributed by atoms with E-state index in [2.05, 4.69) is 144 Å². The Morgan fingerprint density at radius 2 is 1.00 bits per heavy atom. The first-order chi connectivity index (χ1) is 24.8. The second kappa shape index (κ2) is 11.7. The number of thiophene rings is 1. The van der Waals surface area contributed by atoms with Crippen LogP contribution < -0.4 is 0 Å². The Kier molecular flexibility index (Phi) is 6.68. The molecule has 0 bridgehead atoms. The molecule has 0 spiro atoms. The average molecular weight is 656 g/mol. The van der Waals surface area contributed by atoms with Crippen LogP contribution in [0.2, 0.25) is 0 Å². The zero-order chi connectivity index (χ0) is 33.0. The average Bonchev–Trinajstić information content (AvgIpc) is 3.74. The van der Waals surface area contributed by atoms with E-state index >= 15 is 0 Å². The van der Waals surface area contributed by atoms with Crippen molar-refractivity contribution in [3.63, 3.8) is 0 Å². The fourth-order valence-electron chi connectivity index (χ4n) is 7.24. The molecule has 3 nitrogen and oxygen atoms in total. The highest BCUT2D eigenvalue weighted by Crippen LogP contribution is 2.42. The molecule has 50 heavy (non-hydrogen) atoms. The Hall–Kier alpha value is -6.36. The van der Waals surface area contributed by atoms with Crippen molar-refractivity contribution in [1.82, 2.24) is 14.5 Å². The molecule has 234 valence electrons. The molecule has 0 atom stereocenters. The molecular weight excluding hydrogens is 627 g/mol. The van der Waals surface area contributed by atoms with Crippen molar-refractivity contribution in [2.45, 2.75) is 0 Å². The first kappa shape index (κ1) is 28.6. The van der Waals surface area contributed by atoms with E-state index in [4.69, 9.17) is 9.97 Å². The SMILES string of the molecule is c1ccc(-c2cc(-c3ccc(-n4c5ccccc5c5cc(-c6cccc7c6sc6ccccc67)ccc54)cc3)nc(-c3ccccc3)n2)cc1. The molecule has 0 amide bonds. The van der Waals surface area contributed by atoms with Crippen molar-refractivity contribution < 1.29 is 0 Å². The number of para-hydroxylation sites is 1. The van der Waals surface area contributed by atoms with Gasteiger partial charge in [-0.3, -0.25) is 0 Å². The number of aromatic nitrogens is 3. The molecule has 4 heteroatoms. The van der Waals surface area contributed by atoms with Gasteiger partial charge in [-0.15, -0.1) is 11.3 Å². The normalized spacial score (nSPS) is 11.6. The quantitative estimate of drug-likeness (QED) is 0.185. The summed E-state index contributed by atoms with van der Waals surface area (Å²) in [4.78, 5) is 10.0. The standard InChI is InChI=1S/C46H29N3S/c1-3-12-30(13-4-1)40-29-41(48-46(47-40)32-14-5-2-6-15-32)31-22-25-34(26-23-31)49-42-20-9-7-16-36(42)39-28-33(24-27-43(39)49)35-18-11-19-38-37-17-8-10-21-44(37)50-45(35)38/h1-29H. The van der Waals surface area contributed by atoms with Crippen LogP contribution in [0.3, 0.4) is 0 Å². The maximum absolute atomic E-state index is 5.05. The summed E-state index contributed by atoms with van der Waals surface area (Å²) in [6.07, 6.45) is 0. The summed E-state index contributed by atoms with van der Waals surface area (Å²) < 4.78 is 5.04. The molecule has 7 aromatic carbocycles. The molecule has 10 rings (SSSR count). The molecule has 0 saturated carbocycles. The molecule has 0 aliphatic heterocycles. The minimum Gasteiger partial charge on any atom is -0.309 e. The minimum absolute atomic E-state index is 0.718. The van der Waals surface area contributed by atoms with Gasteiger partial charge >= 0.3 is 0 Å². The van der Waals surface area contributed by atoms with Crippen LogP contribution in [0, 0.1) is 0 Å². The molecule has 3 heterocycles. The summed E-state index contributed by atoms with van der Waals surface area (Å²) >= 11 is 1.88. The lowest BCUT2D eigenvalue weighted by molar-refractivity contribution is 1.17. The highest BCUT2D eigenvalue weighted by Gasteiger charge is 2.16. The lowest BCUT2D eigenvalue weighted by Crippen LogP contribution is -1.97. The van der Waals surface area contributed by atoms with Crippen molar-refractivity contribution >= 4 is 53.3 Å². The van der Waals surface area contributed by atoms with E-state index in [0.717, 1.165) is 39.6 Å². The van der Waals surface area contributed by atoms with E-state index in [0.29, 0.717) is 0 Å². The second-order valence-corrected chi connectivity index (χ2v) is 13.7. The highest BCUT2D eigenvalue weighted by molar-refractivity contribution is 7.26. The maximum Gasteiger partial charge on any atom is 0.160 e. The van der Waals surface area contributed by atoms with Gasteiger partial charge in [0, 0.05) is 53.3 Å². The fourth-order valence-corrected chi connectivity index (χ4v) is 8.48. The Labute approximate surface area is 293 Å². The van der Waals surface area contributed by atoms with Crippen LogP contribution in [0.15, 0.2) is 176 Å². The molecular formula is C46H29N3S. The van der Waals surface area contributed by atoms with Crippen molar-refractivity contribution in [2.75, 3.05) is 0 Å². The van der Waals surface area contributed by atoms with E-state index in [1.54, 1.807) is 0 Å². The monoisotopic (exact) mass is 655 g/mol. The third kappa shape index (κ3) is 4.73. The summed E-state index contributed by atoms with van der Waals surface area (Å²) in [5.41, 5.74) is 10.9. The van der Waals surface area contributed by atoms with Crippen LogP contribution in [-0.4, -0.2) is 14.5 Å². The third-order valence-corrected chi connectivity index (χ3v) is 10.9. The summed E-state index contributed by atoms with van der Waals surface area (Å²) in [6, 6.07) is 62.5. The lowest BCUT2D eigenvalue weighted by Gasteiger charge is -2.11. The van der Waals surface area contributed by atoms with Gasteiger partial charge in [-0.05, 0) is 53.6 Å². The summed E-state index contributed by atoms with van der Waals surface area (Å²) in [7, 11) is 0. The summed E-state index contributed by atoms with van der Waals surface area (Å²) in [6.45, 7) is 0. The van der Waals surface area contributed by atoms with E-state index in [1.165, 1.54) is 53.1 Å². The minimum atomic E-state index is 0.718. The molecule has 0 radical (unpaired) electrons. The highest BCUT2D eigenvalue weighted by atomic mass is 32.1. The Morgan fingerprint density at radius 3 is 1.78 bits per heavy atom. The number of hydrogen-bond acceptors (Lipinski definition) is 3. The van der Waals surface area contributed by atoms with Crippen LogP contribution >= 0.6 is 11.3 Å². The van der Waals surface area contributed by atoms with Crippen molar-refractivity contribution in [3.05, 3.63) is 176 Å². The number of hydrogen-bond donors (Lipinski definition) is 0. The van der Waals surface area contributed by atoms with Gasteiger partial charge < -0.3 is 4.57 Å². The number of rotatable bonds is 5. The van der Waals surface area contributed by atoms with Gasteiger partial charge in [0.2, 0.25) is 0 Å². The zero-order valence-corrected chi connectivity index (χ0v) is 27.8. The molecule has 0 N–H and O–H groups in total. The van der Waals surface area contributed by atoms with E-state index < -0.39 is 0 Å². The molecule has 0 aliphatic rings. The zero-order valence-electron chi connectivity index (χ0n) is 27.0. The first-order valence-corrected chi connectivity index (χ1v) is 17.6. The summed E-state index contributed by atoms with van der Waals surface area (Å²) in [5.74, 6) is 0.718. The second-order valence-electron chi connectivity index (χ2n) is 12.6. The van der Waals surface area contributed by atoms with Gasteiger partial charge in [0.25, 0.3) is 0 Å². The van der Waals surface area contributed by atoms with Crippen molar-refractivity contribution in [1.29, 1.82) is 0 Å². The van der Waals surface area contributed by atoms with Crippen molar-refractivity contribution in [2.24, 2.45) is 0 Å². The summed E-state index contributed by atoms with van der Waals surface area (Å²) in [5, 5.41) is 5.13. The Bertz CT molecular complexity index is 2790.